The first-order valence-electron chi connectivity index (χ1n) is 6.61. The lowest BCUT2D eigenvalue weighted by Gasteiger charge is -2.36. The molecular formula is C15H22BrN. The Hall–Kier alpha value is -0.340. The van der Waals surface area contributed by atoms with E-state index in [1.54, 1.807) is 0 Å². The minimum Gasteiger partial charge on any atom is -0.299 e. The molecule has 0 radical (unpaired) electrons. The normalized spacial score (nSPS) is 25.2. The lowest BCUT2D eigenvalue weighted by molar-refractivity contribution is 0.133. The first-order chi connectivity index (χ1) is 8.16. The second kappa shape index (κ2) is 6.01. The highest BCUT2D eigenvalue weighted by molar-refractivity contribution is 9.10. The van der Waals surface area contributed by atoms with E-state index >= 15 is 0 Å². The van der Waals surface area contributed by atoms with Gasteiger partial charge in [0.2, 0.25) is 0 Å². The van der Waals surface area contributed by atoms with Crippen molar-refractivity contribution in [3.8, 4) is 0 Å². The summed E-state index contributed by atoms with van der Waals surface area (Å²) in [5.41, 5.74) is 1.40. The van der Waals surface area contributed by atoms with Gasteiger partial charge in [-0.3, -0.25) is 4.90 Å². The summed E-state index contributed by atoms with van der Waals surface area (Å²) in [5, 5.41) is 0. The predicted octanol–water partition coefficient (Wildman–Crippen LogP) is 4.46. The Morgan fingerprint density at radius 3 is 2.76 bits per heavy atom. The van der Waals surface area contributed by atoms with Gasteiger partial charge in [0.25, 0.3) is 0 Å². The summed E-state index contributed by atoms with van der Waals surface area (Å²) in [6.07, 6.45) is 5.58. The third kappa shape index (κ3) is 3.56. The number of halogens is 1. The van der Waals surface area contributed by atoms with Crippen LogP contribution in [0.3, 0.4) is 0 Å². The Morgan fingerprint density at radius 1 is 1.29 bits per heavy atom. The molecule has 0 heterocycles. The molecule has 1 nitrogen and oxygen atoms in total. The average molecular weight is 296 g/mol. The SMILES string of the molecule is CC1CCCCC1N(C)Cc1cccc(Br)c1. The Balaban J connectivity index is 1.98. The fraction of sp³-hybridized carbons (Fsp3) is 0.600. The highest BCUT2D eigenvalue weighted by Crippen LogP contribution is 2.28. The van der Waals surface area contributed by atoms with Crippen LogP contribution in [0.25, 0.3) is 0 Å². The van der Waals surface area contributed by atoms with Crippen molar-refractivity contribution in [1.29, 1.82) is 0 Å². The van der Waals surface area contributed by atoms with Crippen molar-refractivity contribution >= 4 is 15.9 Å². The van der Waals surface area contributed by atoms with Crippen LogP contribution in [0.5, 0.6) is 0 Å². The first-order valence-corrected chi connectivity index (χ1v) is 7.41. The van der Waals surface area contributed by atoms with E-state index < -0.39 is 0 Å². The lowest BCUT2D eigenvalue weighted by atomic mass is 9.85. The first kappa shape index (κ1) is 13.1. The van der Waals surface area contributed by atoms with Crippen LogP contribution in [0, 0.1) is 5.92 Å². The van der Waals surface area contributed by atoms with Gasteiger partial charge in [-0.25, -0.2) is 0 Å². The minimum atomic E-state index is 0.766. The van der Waals surface area contributed by atoms with E-state index in [4.69, 9.17) is 0 Å². The largest absolute Gasteiger partial charge is 0.299 e. The van der Waals surface area contributed by atoms with Gasteiger partial charge in [-0.15, -0.1) is 0 Å². The van der Waals surface area contributed by atoms with Crippen LogP contribution in [0.15, 0.2) is 28.7 Å². The van der Waals surface area contributed by atoms with Gasteiger partial charge in [0.05, 0.1) is 0 Å². The zero-order valence-corrected chi connectivity index (χ0v) is 12.4. The minimum absolute atomic E-state index is 0.766. The second-order valence-corrected chi connectivity index (χ2v) is 6.29. The summed E-state index contributed by atoms with van der Waals surface area (Å²) in [6, 6.07) is 9.42. The number of hydrogen-bond donors (Lipinski definition) is 0. The molecule has 0 N–H and O–H groups in total. The van der Waals surface area contributed by atoms with Gasteiger partial charge in [-0.1, -0.05) is 47.8 Å². The van der Waals surface area contributed by atoms with Crippen molar-refractivity contribution in [2.45, 2.75) is 45.2 Å². The molecule has 17 heavy (non-hydrogen) atoms. The summed E-state index contributed by atoms with van der Waals surface area (Å²) in [4.78, 5) is 2.53. The van der Waals surface area contributed by atoms with E-state index in [0.717, 1.165) is 18.5 Å². The highest BCUT2D eigenvalue weighted by atomic mass is 79.9. The molecule has 1 saturated carbocycles. The molecule has 2 atom stereocenters. The van der Waals surface area contributed by atoms with Crippen LogP contribution < -0.4 is 0 Å². The Bertz CT molecular complexity index is 364. The summed E-state index contributed by atoms with van der Waals surface area (Å²) >= 11 is 3.54. The van der Waals surface area contributed by atoms with Gasteiger partial charge in [0, 0.05) is 17.1 Å². The maximum atomic E-state index is 3.54. The van der Waals surface area contributed by atoms with E-state index in [0.29, 0.717) is 0 Å². The third-order valence-corrected chi connectivity index (χ3v) is 4.45. The highest BCUT2D eigenvalue weighted by Gasteiger charge is 2.24. The predicted molar refractivity (Wildman–Crippen MR) is 77.0 cm³/mol. The molecule has 2 unspecified atom stereocenters. The molecule has 94 valence electrons. The monoisotopic (exact) mass is 295 g/mol. The molecule has 1 aromatic carbocycles. The standard InChI is InChI=1S/C15H22BrN/c1-12-6-3-4-9-15(12)17(2)11-13-7-5-8-14(16)10-13/h5,7-8,10,12,15H,3-4,6,9,11H2,1-2H3. The zero-order valence-electron chi connectivity index (χ0n) is 10.8. The van der Waals surface area contributed by atoms with E-state index in [1.807, 2.05) is 0 Å². The molecule has 0 amide bonds. The van der Waals surface area contributed by atoms with Crippen LogP contribution in [-0.4, -0.2) is 18.0 Å². The van der Waals surface area contributed by atoms with Crippen molar-refractivity contribution < 1.29 is 0 Å². The molecule has 0 bridgehead atoms. The number of nitrogens with zero attached hydrogens (tertiary/aromatic N) is 1. The van der Waals surface area contributed by atoms with Gasteiger partial charge in [0.1, 0.15) is 0 Å². The van der Waals surface area contributed by atoms with E-state index in [9.17, 15) is 0 Å². The van der Waals surface area contributed by atoms with Crippen molar-refractivity contribution in [1.82, 2.24) is 4.90 Å². The van der Waals surface area contributed by atoms with Gasteiger partial charge >= 0.3 is 0 Å². The summed E-state index contributed by atoms with van der Waals surface area (Å²) < 4.78 is 1.18. The molecule has 0 aliphatic heterocycles. The number of hydrogen-bond acceptors (Lipinski definition) is 1. The van der Waals surface area contributed by atoms with E-state index in [1.165, 1.54) is 35.7 Å². The molecule has 0 saturated heterocycles. The van der Waals surface area contributed by atoms with Crippen LogP contribution >= 0.6 is 15.9 Å². The molecule has 0 aromatic heterocycles. The smallest absolute Gasteiger partial charge is 0.0234 e. The molecule has 2 rings (SSSR count). The molecule has 1 aliphatic rings. The summed E-state index contributed by atoms with van der Waals surface area (Å²) in [5.74, 6) is 0.848. The van der Waals surface area contributed by atoms with Crippen LogP contribution in [0.1, 0.15) is 38.2 Å². The molecule has 1 aromatic rings. The van der Waals surface area contributed by atoms with Crippen LogP contribution in [0.4, 0.5) is 0 Å². The van der Waals surface area contributed by atoms with Crippen molar-refractivity contribution in [2.24, 2.45) is 5.92 Å². The van der Waals surface area contributed by atoms with E-state index in [-0.39, 0.29) is 0 Å². The van der Waals surface area contributed by atoms with Crippen molar-refractivity contribution in [3.05, 3.63) is 34.3 Å². The Kier molecular flexibility index (Phi) is 4.63. The van der Waals surface area contributed by atoms with Gasteiger partial charge in [0.15, 0.2) is 0 Å². The molecule has 1 fully saturated rings. The fourth-order valence-corrected chi connectivity index (χ4v) is 3.44. The number of rotatable bonds is 3. The summed E-state index contributed by atoms with van der Waals surface area (Å²) in [6.45, 7) is 3.47. The second-order valence-electron chi connectivity index (χ2n) is 5.37. The van der Waals surface area contributed by atoms with E-state index in [2.05, 4.69) is 59.1 Å². The van der Waals surface area contributed by atoms with Crippen LogP contribution in [0.2, 0.25) is 0 Å². The molecular weight excluding hydrogens is 274 g/mol. The topological polar surface area (TPSA) is 3.24 Å². The fourth-order valence-electron chi connectivity index (χ4n) is 2.99. The van der Waals surface area contributed by atoms with Crippen molar-refractivity contribution in [2.75, 3.05) is 7.05 Å². The van der Waals surface area contributed by atoms with Gasteiger partial charge in [-0.05, 0) is 43.5 Å². The maximum absolute atomic E-state index is 3.54. The molecule has 1 aliphatic carbocycles. The molecule has 0 spiro atoms. The van der Waals surface area contributed by atoms with Gasteiger partial charge in [-0.2, -0.15) is 0 Å². The van der Waals surface area contributed by atoms with Gasteiger partial charge < -0.3 is 0 Å². The quantitative estimate of drug-likeness (QED) is 0.796. The van der Waals surface area contributed by atoms with Crippen molar-refractivity contribution in [3.63, 3.8) is 0 Å². The average Bonchev–Trinajstić information content (AvgIpc) is 2.29. The number of benzene rings is 1. The zero-order chi connectivity index (χ0) is 12.3. The summed E-state index contributed by atoms with van der Waals surface area (Å²) in [7, 11) is 2.27. The molecule has 2 heteroatoms. The third-order valence-electron chi connectivity index (χ3n) is 3.95. The van der Waals surface area contributed by atoms with Crippen LogP contribution in [-0.2, 0) is 6.54 Å². The lowest BCUT2D eigenvalue weighted by Crippen LogP contribution is -2.38. The Labute approximate surface area is 113 Å². The maximum Gasteiger partial charge on any atom is 0.0234 e. The Morgan fingerprint density at radius 2 is 2.06 bits per heavy atom.